The van der Waals surface area contributed by atoms with Gasteiger partial charge in [0.2, 0.25) is 0 Å². The molecular weight excluding hydrogens is 305 g/mol. The third kappa shape index (κ3) is 2.28. The van der Waals surface area contributed by atoms with Crippen molar-refractivity contribution in [3.8, 4) is 10.7 Å². The summed E-state index contributed by atoms with van der Waals surface area (Å²) in [5.74, 6) is 2.89. The summed E-state index contributed by atoms with van der Waals surface area (Å²) in [6, 6.07) is 6.55. The summed E-state index contributed by atoms with van der Waals surface area (Å²) in [5.41, 5.74) is 7.92. The molecule has 0 radical (unpaired) electrons. The van der Waals surface area contributed by atoms with Gasteiger partial charge in [-0.05, 0) is 35.9 Å². The molecule has 3 aromatic rings. The van der Waals surface area contributed by atoms with Crippen LogP contribution in [0.2, 0.25) is 0 Å². The van der Waals surface area contributed by atoms with Gasteiger partial charge in [0.05, 0.1) is 10.4 Å². The van der Waals surface area contributed by atoms with Gasteiger partial charge in [-0.25, -0.2) is 14.4 Å². The zero-order valence-electron chi connectivity index (χ0n) is 11.1. The van der Waals surface area contributed by atoms with E-state index in [9.17, 15) is 4.39 Å². The number of hydrogen-bond donors (Lipinski definition) is 1. The Labute approximate surface area is 129 Å². The summed E-state index contributed by atoms with van der Waals surface area (Å²) in [5, 5.41) is 0.692. The summed E-state index contributed by atoms with van der Waals surface area (Å²) in [6.45, 7) is 0. The lowest BCUT2D eigenvalue weighted by molar-refractivity contribution is 0.629. The Morgan fingerprint density at radius 2 is 2.10 bits per heavy atom. The van der Waals surface area contributed by atoms with E-state index >= 15 is 0 Å². The molecule has 0 unspecified atom stereocenters. The van der Waals surface area contributed by atoms with Crippen LogP contribution in [0.3, 0.4) is 0 Å². The lowest BCUT2D eigenvalue weighted by atomic mass is 10.2. The van der Waals surface area contributed by atoms with Crippen LogP contribution in [0, 0.1) is 5.82 Å². The average Bonchev–Trinajstić information content (AvgIpc) is 2.90. The average molecular weight is 317 g/mol. The molecule has 1 aliphatic heterocycles. The van der Waals surface area contributed by atoms with Crippen LogP contribution in [0.25, 0.3) is 21.6 Å². The van der Waals surface area contributed by atoms with E-state index in [0.29, 0.717) is 22.5 Å². The molecule has 0 bridgehead atoms. The number of nitrogens with two attached hydrogens (primary N) is 1. The molecule has 4 rings (SSSR count). The minimum atomic E-state index is -0.312. The maximum absolute atomic E-state index is 13.4. The van der Waals surface area contributed by atoms with E-state index in [1.54, 1.807) is 17.4 Å². The van der Waals surface area contributed by atoms with E-state index in [1.807, 2.05) is 11.8 Å². The van der Waals surface area contributed by atoms with Gasteiger partial charge < -0.3 is 5.73 Å². The van der Waals surface area contributed by atoms with E-state index in [0.717, 1.165) is 17.1 Å². The first kappa shape index (κ1) is 13.0. The lowest BCUT2D eigenvalue weighted by Gasteiger charge is -2.08. The van der Waals surface area contributed by atoms with Crippen LogP contribution >= 0.6 is 23.1 Å². The van der Waals surface area contributed by atoms with Crippen molar-refractivity contribution in [1.82, 2.24) is 9.97 Å². The normalized spacial score (nSPS) is 14.3. The number of thiophene rings is 1. The van der Waals surface area contributed by atoms with Gasteiger partial charge in [0.15, 0.2) is 5.82 Å². The first-order valence-electron chi connectivity index (χ1n) is 6.63. The van der Waals surface area contributed by atoms with Crippen molar-refractivity contribution in [1.29, 1.82) is 0 Å². The maximum atomic E-state index is 13.4. The smallest absolute Gasteiger partial charge is 0.172 e. The predicted molar refractivity (Wildman–Crippen MR) is 87.1 cm³/mol. The van der Waals surface area contributed by atoms with Crippen molar-refractivity contribution < 1.29 is 4.39 Å². The molecule has 106 valence electrons. The number of anilines is 1. The quantitative estimate of drug-likeness (QED) is 0.740. The van der Waals surface area contributed by atoms with Crippen LogP contribution in [-0.2, 0) is 12.2 Å². The first-order chi connectivity index (χ1) is 10.2. The predicted octanol–water partition coefficient (Wildman–Crippen LogP) is 3.87. The van der Waals surface area contributed by atoms with Gasteiger partial charge in [0.25, 0.3) is 0 Å². The molecule has 0 spiro atoms. The summed E-state index contributed by atoms with van der Waals surface area (Å²) < 4.78 is 13.4. The van der Waals surface area contributed by atoms with Crippen molar-refractivity contribution in [2.24, 2.45) is 0 Å². The van der Waals surface area contributed by atoms with Crippen molar-refractivity contribution in [2.75, 3.05) is 11.5 Å². The molecule has 0 saturated carbocycles. The fourth-order valence-electron chi connectivity index (χ4n) is 2.49. The van der Waals surface area contributed by atoms with Crippen LogP contribution in [0.1, 0.15) is 10.4 Å². The summed E-state index contributed by atoms with van der Waals surface area (Å²) in [4.78, 5) is 11.3. The van der Waals surface area contributed by atoms with E-state index in [1.165, 1.54) is 28.3 Å². The van der Waals surface area contributed by atoms with Gasteiger partial charge in [-0.15, -0.1) is 11.3 Å². The van der Waals surface area contributed by atoms with Gasteiger partial charge in [-0.3, -0.25) is 0 Å². The monoisotopic (exact) mass is 317 g/mol. The fourth-order valence-corrected chi connectivity index (χ4v) is 4.80. The number of aryl methyl sites for hydroxylation is 1. The molecule has 6 heteroatoms. The van der Waals surface area contributed by atoms with Crippen LogP contribution in [0.5, 0.6) is 0 Å². The van der Waals surface area contributed by atoms with Gasteiger partial charge in [0, 0.05) is 22.1 Å². The Hall–Kier alpha value is -1.66. The maximum Gasteiger partial charge on any atom is 0.172 e. The number of aromatic nitrogens is 2. The second-order valence-electron chi connectivity index (χ2n) is 4.96. The van der Waals surface area contributed by atoms with Gasteiger partial charge >= 0.3 is 0 Å². The van der Waals surface area contributed by atoms with E-state index < -0.39 is 0 Å². The molecule has 1 aromatic carbocycles. The summed E-state index contributed by atoms with van der Waals surface area (Å²) >= 11 is 3.67. The highest BCUT2D eigenvalue weighted by molar-refractivity contribution is 7.98. The zero-order valence-corrected chi connectivity index (χ0v) is 12.7. The first-order valence-corrected chi connectivity index (χ1v) is 8.60. The highest BCUT2D eigenvalue weighted by Crippen LogP contribution is 2.36. The third-order valence-electron chi connectivity index (χ3n) is 3.54. The molecule has 3 heterocycles. The SMILES string of the molecule is Nc1nc(-c2cc3c(s2)CCSC3)nc2cc(F)ccc12. The molecule has 21 heavy (non-hydrogen) atoms. The number of nitrogen functional groups attached to an aromatic ring is 1. The molecule has 2 aromatic heterocycles. The molecule has 0 amide bonds. The van der Waals surface area contributed by atoms with Crippen LogP contribution in [0.4, 0.5) is 10.2 Å². The number of benzene rings is 1. The number of hydrogen-bond acceptors (Lipinski definition) is 5. The minimum absolute atomic E-state index is 0.312. The lowest BCUT2D eigenvalue weighted by Crippen LogP contribution is -1.97. The molecule has 3 nitrogen and oxygen atoms in total. The van der Waals surface area contributed by atoms with Crippen LogP contribution in [0.15, 0.2) is 24.3 Å². The van der Waals surface area contributed by atoms with Crippen LogP contribution < -0.4 is 5.73 Å². The Bertz CT molecular complexity index is 821. The Morgan fingerprint density at radius 3 is 2.95 bits per heavy atom. The standard InChI is InChI=1S/C15H12FN3S2/c16-9-1-2-10-11(6-9)18-15(19-14(10)17)13-5-8-7-20-4-3-12(8)21-13/h1-2,5-6H,3-4,7H2,(H2,17,18,19). The summed E-state index contributed by atoms with van der Waals surface area (Å²) in [6.07, 6.45) is 1.10. The van der Waals surface area contributed by atoms with E-state index in [2.05, 4.69) is 16.0 Å². The molecule has 0 aliphatic carbocycles. The number of nitrogens with zero attached hydrogens (tertiary/aromatic N) is 2. The molecular formula is C15H12FN3S2. The second-order valence-corrected chi connectivity index (χ2v) is 7.20. The van der Waals surface area contributed by atoms with Crippen molar-refractivity contribution in [3.05, 3.63) is 40.5 Å². The Balaban J connectivity index is 1.88. The van der Waals surface area contributed by atoms with E-state index in [4.69, 9.17) is 5.73 Å². The molecule has 2 N–H and O–H groups in total. The Kier molecular flexibility index (Phi) is 3.08. The fraction of sp³-hybridized carbons (Fsp3) is 0.200. The molecule has 0 atom stereocenters. The molecule has 1 aliphatic rings. The zero-order chi connectivity index (χ0) is 14.4. The minimum Gasteiger partial charge on any atom is -0.383 e. The highest BCUT2D eigenvalue weighted by Gasteiger charge is 2.17. The van der Waals surface area contributed by atoms with Gasteiger partial charge in [-0.1, -0.05) is 0 Å². The van der Waals surface area contributed by atoms with Gasteiger partial charge in [-0.2, -0.15) is 11.8 Å². The number of thioether (sulfide) groups is 1. The highest BCUT2D eigenvalue weighted by atomic mass is 32.2. The number of rotatable bonds is 1. The topological polar surface area (TPSA) is 51.8 Å². The van der Waals surface area contributed by atoms with Crippen molar-refractivity contribution >= 4 is 39.8 Å². The molecule has 0 fully saturated rings. The number of halogens is 1. The molecule has 0 saturated heterocycles. The van der Waals surface area contributed by atoms with E-state index in [-0.39, 0.29) is 5.82 Å². The Morgan fingerprint density at radius 1 is 1.19 bits per heavy atom. The van der Waals surface area contributed by atoms with Gasteiger partial charge in [0.1, 0.15) is 11.6 Å². The summed E-state index contributed by atoms with van der Waals surface area (Å²) in [7, 11) is 0. The largest absolute Gasteiger partial charge is 0.383 e. The van der Waals surface area contributed by atoms with Crippen molar-refractivity contribution in [3.63, 3.8) is 0 Å². The number of fused-ring (bicyclic) bond motifs is 2. The van der Waals surface area contributed by atoms with Crippen LogP contribution in [-0.4, -0.2) is 15.7 Å². The second kappa shape index (κ2) is 4.96. The third-order valence-corrected chi connectivity index (χ3v) is 5.78. The van der Waals surface area contributed by atoms with Crippen molar-refractivity contribution in [2.45, 2.75) is 12.2 Å².